The first-order valence-corrected chi connectivity index (χ1v) is 28.9. The minimum Gasteiger partial charge on any atom is -0.201 e. The SMILES string of the molecule is Cc1cc(CC(C)C)ccc1-c1cccc[n+]1C.[2H]C([2H])([2H])C([2H])(C)Cc1ccc(-c2cccc[n+]2C)c(C)c1.[2H]C([2H])([2H])C([2H])(C)c1ccc(-c2cccc[n+]2C)c(C)c1.[2H]C([2H])([2H])Cc1ccc(-c2cccc[n+]2C)c(C)c1.[2H]C([2H])([2H])c1ccc(-c2cccc[n+]2C)c(C)c1. The standard InChI is InChI=1S/2C17H22N.C16H20N.C15H18N.C14H16N/c2*1-13(2)11-15-8-9-16(14(3)12-15)17-7-5-6-10-18(17)4;1-12(2)14-8-9-15(13(3)11-14)16-7-5-6-10-17(16)4;1-4-13-8-9-14(12(2)11-13)15-7-5-6-10-16(15)3;1-11-7-8-13(12(2)10-11)14-6-4-5-9-15(14)3/h2*5-10,12-13H,11H2,1-4H3;5-12H,1-4H3;5-11H,4H2,1-3H3;4-10H,1-3H3/q5*+1/i1D3,13D;;1D3,12D;2*1D3. The number of rotatable bonds is 11. The molecule has 2 atom stereocenters. The summed E-state index contributed by atoms with van der Waals surface area (Å²) < 4.78 is 116. The summed E-state index contributed by atoms with van der Waals surface area (Å²) in [5.41, 5.74) is 20.9. The maximum atomic E-state index is 8.17. The summed E-state index contributed by atoms with van der Waals surface area (Å²) in [7, 11) is 10.0. The lowest BCUT2D eigenvalue weighted by atomic mass is 9.96. The van der Waals surface area contributed by atoms with Gasteiger partial charge in [-0.3, -0.25) is 0 Å². The van der Waals surface area contributed by atoms with Gasteiger partial charge in [0.25, 0.3) is 0 Å². The van der Waals surface area contributed by atoms with E-state index < -0.39 is 39.2 Å². The number of pyridine rings is 5. The molecule has 84 heavy (non-hydrogen) atoms. The summed E-state index contributed by atoms with van der Waals surface area (Å²) in [6.45, 7) is 8.98. The molecule has 5 heteroatoms. The third kappa shape index (κ3) is 18.4. The lowest BCUT2D eigenvalue weighted by molar-refractivity contribution is -0.660. The van der Waals surface area contributed by atoms with Crippen LogP contribution in [0.15, 0.2) is 213 Å². The third-order valence-electron chi connectivity index (χ3n) is 14.7. The van der Waals surface area contributed by atoms with Gasteiger partial charge in [0.15, 0.2) is 31.0 Å². The van der Waals surface area contributed by atoms with Gasteiger partial charge in [-0.05, 0) is 189 Å². The topological polar surface area (TPSA) is 19.4 Å². The lowest BCUT2D eigenvalue weighted by Crippen LogP contribution is -2.30. The number of aryl methyl sites for hydroxylation is 12. The smallest absolute Gasteiger partial charge is 0.201 e. The zero-order chi connectivity index (χ0) is 72.9. The Balaban J connectivity index is 0.000000194. The van der Waals surface area contributed by atoms with Crippen molar-refractivity contribution in [1.29, 1.82) is 0 Å². The molecule has 0 aliphatic heterocycles. The van der Waals surface area contributed by atoms with E-state index in [1.807, 2.05) is 205 Å². The second kappa shape index (κ2) is 31.5. The maximum absolute atomic E-state index is 8.17. The van der Waals surface area contributed by atoms with Crippen molar-refractivity contribution in [2.75, 3.05) is 0 Å². The van der Waals surface area contributed by atoms with Crippen LogP contribution in [-0.2, 0) is 54.5 Å². The largest absolute Gasteiger partial charge is 0.212 e. The Morgan fingerprint density at radius 1 is 0.369 bits per heavy atom. The summed E-state index contributed by atoms with van der Waals surface area (Å²) in [4.78, 5) is 0. The molecular weight excluding hydrogens is 1020 g/mol. The van der Waals surface area contributed by atoms with Crippen molar-refractivity contribution < 1.29 is 42.0 Å². The summed E-state index contributed by atoms with van der Waals surface area (Å²) in [5.74, 6) is -2.36. The Hall–Kier alpha value is -8.15. The van der Waals surface area contributed by atoms with E-state index in [9.17, 15) is 0 Å². The molecule has 0 spiro atoms. The molecule has 2 unspecified atom stereocenters. The zero-order valence-electron chi connectivity index (χ0n) is 66.1. The van der Waals surface area contributed by atoms with Crippen molar-refractivity contribution in [3.8, 4) is 56.3 Å². The van der Waals surface area contributed by atoms with Crippen molar-refractivity contribution in [3.63, 3.8) is 0 Å². The molecule has 0 saturated heterocycles. The molecule has 5 heterocycles. The molecule has 5 nitrogen and oxygen atoms in total. The Morgan fingerprint density at radius 3 is 1.04 bits per heavy atom. The van der Waals surface area contributed by atoms with Crippen molar-refractivity contribution in [2.45, 2.75) is 115 Å². The normalized spacial score (nSPS) is 15.2. The predicted molar refractivity (Wildman–Crippen MR) is 354 cm³/mol. The average molecular weight is 1130 g/mol. The van der Waals surface area contributed by atoms with Crippen LogP contribution in [0.1, 0.15) is 129 Å². The molecule has 0 fully saturated rings. The lowest BCUT2D eigenvalue weighted by Gasteiger charge is -2.09. The van der Waals surface area contributed by atoms with Crippen LogP contribution in [0.3, 0.4) is 0 Å². The molecule has 5 aromatic heterocycles. The van der Waals surface area contributed by atoms with Gasteiger partial charge in [-0.25, -0.2) is 22.8 Å². The second-order valence-corrected chi connectivity index (χ2v) is 22.3. The van der Waals surface area contributed by atoms with E-state index in [-0.39, 0.29) is 12.8 Å². The van der Waals surface area contributed by atoms with Crippen molar-refractivity contribution in [1.82, 2.24) is 0 Å². The van der Waals surface area contributed by atoms with E-state index >= 15 is 0 Å². The predicted octanol–water partition coefficient (Wildman–Crippen LogP) is 16.8. The van der Waals surface area contributed by atoms with Crippen LogP contribution in [0.5, 0.6) is 0 Å². The Labute approximate surface area is 527 Å². The second-order valence-electron chi connectivity index (χ2n) is 22.3. The molecule has 434 valence electrons. The van der Waals surface area contributed by atoms with Crippen LogP contribution in [0.2, 0.25) is 0 Å². The molecule has 0 radical (unpaired) electrons. The van der Waals surface area contributed by atoms with E-state index in [1.165, 1.54) is 36.2 Å². The van der Waals surface area contributed by atoms with Gasteiger partial charge in [-0.2, -0.15) is 0 Å². The molecule has 0 aliphatic rings. The molecule has 0 aliphatic carbocycles. The van der Waals surface area contributed by atoms with Crippen LogP contribution in [0.4, 0.5) is 0 Å². The third-order valence-corrected chi connectivity index (χ3v) is 14.7. The molecule has 5 aromatic carbocycles. The summed E-state index contributed by atoms with van der Waals surface area (Å²) in [6, 6.07) is 59.7. The Bertz CT molecular complexity index is 4310. The van der Waals surface area contributed by atoms with Gasteiger partial charge in [0, 0.05) is 108 Å². The highest BCUT2D eigenvalue weighted by Crippen LogP contribution is 2.27. The van der Waals surface area contributed by atoms with Gasteiger partial charge in [0.2, 0.25) is 28.5 Å². The fourth-order valence-corrected chi connectivity index (χ4v) is 10.3. The Kier molecular flexibility index (Phi) is 17.7. The van der Waals surface area contributed by atoms with Crippen molar-refractivity contribution in [3.05, 3.63) is 269 Å². The van der Waals surface area contributed by atoms with Gasteiger partial charge >= 0.3 is 0 Å². The van der Waals surface area contributed by atoms with Gasteiger partial charge < -0.3 is 0 Å². The van der Waals surface area contributed by atoms with Gasteiger partial charge in [0.05, 0.1) is 0 Å². The first kappa shape index (κ1) is 47.2. The molecule has 0 saturated carbocycles. The number of hydrogen-bond acceptors (Lipinski definition) is 0. The van der Waals surface area contributed by atoms with Crippen LogP contribution in [0, 0.1) is 53.3 Å². The minimum atomic E-state index is -2.35. The number of nitrogens with zero attached hydrogens (tertiary/aromatic N) is 5. The molecule has 0 N–H and O–H groups in total. The van der Waals surface area contributed by atoms with Gasteiger partial charge in [-0.15, -0.1) is 0 Å². The van der Waals surface area contributed by atoms with E-state index in [1.54, 1.807) is 18.2 Å². The molecule has 0 amide bonds. The number of aromatic nitrogens is 5. The molecule has 10 rings (SSSR count). The first-order valence-electron chi connectivity index (χ1n) is 35.9. The van der Waals surface area contributed by atoms with E-state index in [0.29, 0.717) is 17.0 Å². The first-order chi connectivity index (χ1) is 45.6. The van der Waals surface area contributed by atoms with Crippen molar-refractivity contribution in [2.24, 2.45) is 47.1 Å². The molecule has 10 aromatic rings. The van der Waals surface area contributed by atoms with Crippen LogP contribution >= 0.6 is 0 Å². The fraction of sp³-hybridized carbons (Fsp3) is 0.304. The monoisotopic (exact) mass is 1130 g/mol. The summed E-state index contributed by atoms with van der Waals surface area (Å²) in [5, 5.41) is 0. The number of hydrogen-bond donors (Lipinski definition) is 0. The minimum absolute atomic E-state index is 0.120. The average Bonchev–Trinajstić information content (AvgIpc) is 0.795. The van der Waals surface area contributed by atoms with Gasteiger partial charge in [0.1, 0.15) is 35.2 Å². The van der Waals surface area contributed by atoms with E-state index in [4.69, 9.17) is 19.2 Å². The Morgan fingerprint density at radius 2 is 0.714 bits per heavy atom. The van der Waals surface area contributed by atoms with E-state index in [2.05, 4.69) is 96.2 Å². The highest BCUT2D eigenvalue weighted by atomic mass is 14.9. The van der Waals surface area contributed by atoms with Crippen LogP contribution < -0.4 is 22.8 Å². The van der Waals surface area contributed by atoms with Gasteiger partial charge in [-0.1, -0.05) is 114 Å². The highest BCUT2D eigenvalue weighted by Gasteiger charge is 2.16. The quantitative estimate of drug-likeness (QED) is 0.115. The summed E-state index contributed by atoms with van der Waals surface area (Å²) in [6.07, 6.45) is 11.5. The molecule has 0 bridgehead atoms. The summed E-state index contributed by atoms with van der Waals surface area (Å²) >= 11 is 0. The van der Waals surface area contributed by atoms with E-state index in [0.717, 1.165) is 84.8 Å². The maximum Gasteiger partial charge on any atom is 0.212 e. The van der Waals surface area contributed by atoms with Crippen LogP contribution in [-0.4, -0.2) is 0 Å². The highest BCUT2D eigenvalue weighted by molar-refractivity contribution is 5.65. The van der Waals surface area contributed by atoms with Crippen LogP contribution in [0.25, 0.3) is 56.3 Å². The van der Waals surface area contributed by atoms with Crippen molar-refractivity contribution >= 4 is 0 Å². The number of benzene rings is 5. The molecular formula is C79H98N5+5. The zero-order valence-corrected chi connectivity index (χ0v) is 52.1. The fourth-order valence-electron chi connectivity index (χ4n) is 10.3.